The smallest absolute Gasteiger partial charge is 0.00849 e. The lowest BCUT2D eigenvalue weighted by molar-refractivity contribution is 0.0865. The van der Waals surface area contributed by atoms with Crippen LogP contribution in [0.15, 0.2) is 11.6 Å². The topological polar surface area (TPSA) is 0 Å². The summed E-state index contributed by atoms with van der Waals surface area (Å²) in [5.41, 5.74) is 3.03. The van der Waals surface area contributed by atoms with Crippen molar-refractivity contribution in [2.75, 3.05) is 0 Å². The summed E-state index contributed by atoms with van der Waals surface area (Å²) in [6.07, 6.45) is 11.5. The zero-order valence-electron chi connectivity index (χ0n) is 16.4. The third kappa shape index (κ3) is 2.09. The largest absolute Gasteiger partial charge is 0.0845 e. The van der Waals surface area contributed by atoms with Crippen molar-refractivity contribution in [3.8, 4) is 0 Å². The molecule has 0 aromatic rings. The molecule has 0 amide bonds. The van der Waals surface area contributed by atoms with Crippen molar-refractivity contribution in [3.05, 3.63) is 11.6 Å². The highest BCUT2D eigenvalue weighted by Crippen LogP contribution is 2.71. The molecular weight excluding hydrogens is 276 g/mol. The van der Waals surface area contributed by atoms with Gasteiger partial charge in [0.15, 0.2) is 0 Å². The number of fused-ring (bicyclic) bond motifs is 5. The molecule has 23 heavy (non-hydrogen) atoms. The molecule has 0 aromatic heterocycles. The Bertz CT molecular complexity index is 514. The molecule has 0 aromatic carbocycles. The Kier molecular flexibility index (Phi) is 3.61. The van der Waals surface area contributed by atoms with Gasteiger partial charge in [-0.05, 0) is 90.8 Å². The van der Waals surface area contributed by atoms with Gasteiger partial charge in [0, 0.05) is 0 Å². The molecule has 0 heterocycles. The maximum absolute atomic E-state index is 2.72. The van der Waals surface area contributed by atoms with Crippen LogP contribution in [0.1, 0.15) is 80.1 Å². The molecule has 0 N–H and O–H groups in total. The maximum Gasteiger partial charge on any atom is -0.00849 e. The van der Waals surface area contributed by atoms with Crippen LogP contribution in [-0.2, 0) is 0 Å². The van der Waals surface area contributed by atoms with Gasteiger partial charge in [0.2, 0.25) is 0 Å². The Balaban J connectivity index is 1.69. The predicted molar refractivity (Wildman–Crippen MR) is 99.1 cm³/mol. The first kappa shape index (κ1) is 16.2. The Morgan fingerprint density at radius 1 is 1.13 bits per heavy atom. The molecule has 8 unspecified atom stereocenters. The summed E-state index contributed by atoms with van der Waals surface area (Å²) in [4.78, 5) is 0. The van der Waals surface area contributed by atoms with Crippen LogP contribution in [0.5, 0.6) is 0 Å². The molecule has 3 fully saturated rings. The third-order valence-electron chi connectivity index (χ3n) is 9.17. The summed E-state index contributed by atoms with van der Waals surface area (Å²) >= 11 is 0. The molecule has 4 aliphatic rings. The molecule has 0 spiro atoms. The fourth-order valence-electron chi connectivity index (χ4n) is 8.45. The van der Waals surface area contributed by atoms with Crippen LogP contribution in [-0.4, -0.2) is 0 Å². The van der Waals surface area contributed by atoms with Crippen LogP contribution in [0.2, 0.25) is 0 Å². The minimum atomic E-state index is 0.549. The van der Waals surface area contributed by atoms with Gasteiger partial charge >= 0.3 is 0 Å². The molecule has 0 radical (unpaired) electrons. The summed E-state index contributed by atoms with van der Waals surface area (Å²) in [5.74, 6) is 6.65. The van der Waals surface area contributed by atoms with Crippen molar-refractivity contribution in [2.24, 2.45) is 52.3 Å². The van der Waals surface area contributed by atoms with Crippen LogP contribution < -0.4 is 0 Å². The van der Waals surface area contributed by atoms with Crippen molar-refractivity contribution in [3.63, 3.8) is 0 Å². The van der Waals surface area contributed by atoms with E-state index in [-0.39, 0.29) is 0 Å². The van der Waals surface area contributed by atoms with Gasteiger partial charge in [-0.1, -0.05) is 53.2 Å². The highest BCUT2D eigenvalue weighted by atomic mass is 14.7. The average molecular weight is 315 g/mol. The van der Waals surface area contributed by atoms with Crippen LogP contribution in [0.4, 0.5) is 0 Å². The Morgan fingerprint density at radius 2 is 1.87 bits per heavy atom. The fraction of sp³-hybridized carbons (Fsp3) is 0.913. The molecule has 0 aliphatic heterocycles. The van der Waals surface area contributed by atoms with E-state index in [9.17, 15) is 0 Å². The quantitative estimate of drug-likeness (QED) is 0.472. The monoisotopic (exact) mass is 314 g/mol. The van der Waals surface area contributed by atoms with Crippen molar-refractivity contribution < 1.29 is 0 Å². The summed E-state index contributed by atoms with van der Waals surface area (Å²) in [6, 6.07) is 0. The molecular formula is C23H38. The number of allylic oxidation sites excluding steroid dienone is 2. The van der Waals surface area contributed by atoms with Gasteiger partial charge < -0.3 is 0 Å². The van der Waals surface area contributed by atoms with Gasteiger partial charge in [-0.2, -0.15) is 0 Å². The minimum absolute atomic E-state index is 0.549. The van der Waals surface area contributed by atoms with E-state index in [4.69, 9.17) is 0 Å². The predicted octanol–water partition coefficient (Wildman–Crippen LogP) is 6.71. The summed E-state index contributed by atoms with van der Waals surface area (Å²) < 4.78 is 0. The highest BCUT2D eigenvalue weighted by molar-refractivity contribution is 5.26. The van der Waals surface area contributed by atoms with E-state index in [1.54, 1.807) is 0 Å². The van der Waals surface area contributed by atoms with Gasteiger partial charge in [-0.3, -0.25) is 0 Å². The summed E-state index contributed by atoms with van der Waals surface area (Å²) in [5, 5.41) is 0. The first-order valence-corrected chi connectivity index (χ1v) is 10.5. The zero-order valence-corrected chi connectivity index (χ0v) is 16.4. The first-order chi connectivity index (χ1) is 10.8. The van der Waals surface area contributed by atoms with Crippen LogP contribution in [0.3, 0.4) is 0 Å². The van der Waals surface area contributed by atoms with Crippen molar-refractivity contribution in [1.82, 2.24) is 0 Å². The lowest BCUT2D eigenvalue weighted by atomic mass is 9.55. The zero-order chi connectivity index (χ0) is 16.6. The van der Waals surface area contributed by atoms with Crippen molar-refractivity contribution in [1.29, 1.82) is 0 Å². The second-order valence-electron chi connectivity index (χ2n) is 10.8. The maximum atomic E-state index is 2.72. The molecule has 4 aliphatic carbocycles. The molecule has 3 saturated carbocycles. The second-order valence-corrected chi connectivity index (χ2v) is 10.8. The Hall–Kier alpha value is -0.260. The fourth-order valence-corrected chi connectivity index (χ4v) is 8.45. The normalized spacial score (nSPS) is 55.3. The van der Waals surface area contributed by atoms with E-state index >= 15 is 0 Å². The molecule has 4 rings (SSSR count). The number of hydrogen-bond acceptors (Lipinski definition) is 0. The minimum Gasteiger partial charge on any atom is -0.0845 e. The molecule has 0 saturated heterocycles. The van der Waals surface area contributed by atoms with Crippen LogP contribution in [0, 0.1) is 52.3 Å². The summed E-state index contributed by atoms with van der Waals surface area (Å²) in [7, 11) is 0. The van der Waals surface area contributed by atoms with E-state index in [0.29, 0.717) is 10.8 Å². The number of hydrogen-bond donors (Lipinski definition) is 0. The molecule has 130 valence electrons. The van der Waals surface area contributed by atoms with Gasteiger partial charge in [0.1, 0.15) is 0 Å². The van der Waals surface area contributed by atoms with Crippen LogP contribution >= 0.6 is 0 Å². The SMILES string of the molecule is CC1CCC2(C)C(=CCC3C2CC2(C)C3CC(C)C2C(C)C)C1. The highest BCUT2D eigenvalue weighted by Gasteiger charge is 2.63. The lowest BCUT2D eigenvalue weighted by Gasteiger charge is -2.49. The Morgan fingerprint density at radius 3 is 2.57 bits per heavy atom. The third-order valence-corrected chi connectivity index (χ3v) is 9.17. The van der Waals surface area contributed by atoms with Crippen molar-refractivity contribution in [2.45, 2.75) is 80.1 Å². The molecule has 0 nitrogen and oxygen atoms in total. The van der Waals surface area contributed by atoms with E-state index in [0.717, 1.165) is 41.4 Å². The second kappa shape index (κ2) is 5.12. The van der Waals surface area contributed by atoms with E-state index in [1.165, 1.54) is 38.5 Å². The van der Waals surface area contributed by atoms with Gasteiger partial charge in [0.25, 0.3) is 0 Å². The van der Waals surface area contributed by atoms with Crippen LogP contribution in [0.25, 0.3) is 0 Å². The molecule has 8 atom stereocenters. The number of rotatable bonds is 1. The van der Waals surface area contributed by atoms with E-state index in [2.05, 4.69) is 47.6 Å². The lowest BCUT2D eigenvalue weighted by Crippen LogP contribution is -2.40. The van der Waals surface area contributed by atoms with E-state index in [1.807, 2.05) is 5.57 Å². The average Bonchev–Trinajstić information content (AvgIpc) is 2.88. The molecule has 0 bridgehead atoms. The van der Waals surface area contributed by atoms with Gasteiger partial charge in [-0.15, -0.1) is 0 Å². The summed E-state index contributed by atoms with van der Waals surface area (Å²) in [6.45, 7) is 15.3. The Labute approximate surface area is 144 Å². The van der Waals surface area contributed by atoms with E-state index < -0.39 is 0 Å². The molecule has 0 heteroatoms. The van der Waals surface area contributed by atoms with Gasteiger partial charge in [-0.25, -0.2) is 0 Å². The van der Waals surface area contributed by atoms with Crippen molar-refractivity contribution >= 4 is 0 Å². The standard InChI is InChI=1S/C23H38/c1-14(2)21-16(4)12-19-18-8-7-17-11-15(3)9-10-22(17,5)20(18)13-23(19,21)6/h7,14-16,18-21H,8-13H2,1-6H3. The van der Waals surface area contributed by atoms with Gasteiger partial charge in [0.05, 0.1) is 0 Å². The first-order valence-electron chi connectivity index (χ1n) is 10.5.